The second-order valence-corrected chi connectivity index (χ2v) is 6.91. The summed E-state index contributed by atoms with van der Waals surface area (Å²) in [6.45, 7) is 0. The second-order valence-electron chi connectivity index (χ2n) is 5.99. The van der Waals surface area contributed by atoms with E-state index < -0.39 is 0 Å². The quantitative estimate of drug-likeness (QED) is 0.853. The number of thioether (sulfide) groups is 1. The number of aromatic nitrogens is 2. The van der Waals surface area contributed by atoms with E-state index in [9.17, 15) is 4.79 Å². The third-order valence-corrected chi connectivity index (χ3v) is 5.37. The lowest BCUT2D eigenvalue weighted by Gasteiger charge is -2.22. The summed E-state index contributed by atoms with van der Waals surface area (Å²) in [5.74, 6) is 2.72. The first-order chi connectivity index (χ1) is 10.8. The third-order valence-electron chi connectivity index (χ3n) is 4.55. The molecule has 2 saturated carbocycles. The summed E-state index contributed by atoms with van der Waals surface area (Å²) < 4.78 is 10.7. The minimum Gasteiger partial charge on any atom is -0.459 e. The topological polar surface area (TPSA) is 81.2 Å². The van der Waals surface area contributed by atoms with Gasteiger partial charge >= 0.3 is 0 Å². The Balaban J connectivity index is 1.28. The molecule has 2 aliphatic carbocycles. The van der Waals surface area contributed by atoms with Crippen LogP contribution in [0.25, 0.3) is 11.7 Å². The first kappa shape index (κ1) is 13.9. The fourth-order valence-electron chi connectivity index (χ4n) is 3.57. The van der Waals surface area contributed by atoms with Crippen LogP contribution in [0, 0.1) is 11.8 Å². The highest BCUT2D eigenvalue weighted by Crippen LogP contribution is 2.44. The molecule has 1 amide bonds. The third kappa shape index (κ3) is 2.77. The molecule has 2 fully saturated rings. The molecule has 0 spiro atoms. The van der Waals surface area contributed by atoms with E-state index in [4.69, 9.17) is 8.83 Å². The van der Waals surface area contributed by atoms with E-state index in [0.29, 0.717) is 34.6 Å². The number of hydrogen-bond acceptors (Lipinski definition) is 6. The van der Waals surface area contributed by atoms with Gasteiger partial charge in [0.15, 0.2) is 5.76 Å². The van der Waals surface area contributed by atoms with Crippen LogP contribution in [-0.2, 0) is 4.79 Å². The van der Waals surface area contributed by atoms with Crippen LogP contribution in [0.3, 0.4) is 0 Å². The average Bonchev–Trinajstić information content (AvgIpc) is 3.27. The number of carbonyl (C=O) groups excluding carboxylic acids is 1. The van der Waals surface area contributed by atoms with E-state index in [1.807, 2.05) is 0 Å². The molecular weight excluding hydrogens is 302 g/mol. The maximum atomic E-state index is 12.0. The lowest BCUT2D eigenvalue weighted by molar-refractivity contribution is -0.119. The van der Waals surface area contributed by atoms with Crippen molar-refractivity contribution in [3.05, 3.63) is 18.4 Å². The van der Waals surface area contributed by atoms with Gasteiger partial charge in [0.1, 0.15) is 0 Å². The highest BCUT2D eigenvalue weighted by Gasteiger charge is 2.40. The van der Waals surface area contributed by atoms with Crippen molar-refractivity contribution in [1.82, 2.24) is 15.5 Å². The minimum absolute atomic E-state index is 0.0419. The molecule has 116 valence electrons. The SMILES string of the molecule is O=C(CSc1nnc(-c2ccco2)o1)N[C@H]1C[C@H]2CC[C@@H]1C2. The maximum Gasteiger partial charge on any atom is 0.284 e. The molecule has 0 radical (unpaired) electrons. The smallest absolute Gasteiger partial charge is 0.284 e. The number of nitrogens with one attached hydrogen (secondary N) is 1. The zero-order valence-electron chi connectivity index (χ0n) is 12.0. The molecule has 3 atom stereocenters. The van der Waals surface area contributed by atoms with E-state index in [1.165, 1.54) is 31.0 Å². The van der Waals surface area contributed by atoms with Gasteiger partial charge in [0.2, 0.25) is 5.91 Å². The van der Waals surface area contributed by atoms with Crippen LogP contribution < -0.4 is 5.32 Å². The number of carbonyl (C=O) groups is 1. The lowest BCUT2D eigenvalue weighted by atomic mass is 9.95. The number of fused-ring (bicyclic) bond motifs is 2. The van der Waals surface area contributed by atoms with Crippen molar-refractivity contribution in [2.75, 3.05) is 5.75 Å². The molecule has 4 rings (SSSR count). The first-order valence-corrected chi connectivity index (χ1v) is 8.56. The average molecular weight is 319 g/mol. The molecule has 0 saturated heterocycles. The van der Waals surface area contributed by atoms with Gasteiger partial charge in [-0.3, -0.25) is 4.79 Å². The van der Waals surface area contributed by atoms with E-state index in [2.05, 4.69) is 15.5 Å². The maximum absolute atomic E-state index is 12.0. The zero-order chi connectivity index (χ0) is 14.9. The van der Waals surface area contributed by atoms with Gasteiger partial charge in [-0.05, 0) is 43.2 Å². The van der Waals surface area contributed by atoms with Crippen molar-refractivity contribution in [2.45, 2.75) is 36.9 Å². The molecule has 7 heteroatoms. The van der Waals surface area contributed by atoms with Crippen molar-refractivity contribution >= 4 is 17.7 Å². The van der Waals surface area contributed by atoms with Crippen LogP contribution >= 0.6 is 11.8 Å². The van der Waals surface area contributed by atoms with Crippen LogP contribution in [-0.4, -0.2) is 27.9 Å². The van der Waals surface area contributed by atoms with Gasteiger partial charge in [0, 0.05) is 6.04 Å². The number of hydrogen-bond donors (Lipinski definition) is 1. The highest BCUT2D eigenvalue weighted by molar-refractivity contribution is 7.99. The fourth-order valence-corrected chi connectivity index (χ4v) is 4.14. The molecule has 1 N–H and O–H groups in total. The summed E-state index contributed by atoms with van der Waals surface area (Å²) in [6, 6.07) is 3.88. The normalized spacial score (nSPS) is 26.5. The summed E-state index contributed by atoms with van der Waals surface area (Å²) >= 11 is 1.26. The molecule has 6 nitrogen and oxygen atoms in total. The van der Waals surface area contributed by atoms with Crippen molar-refractivity contribution in [3.63, 3.8) is 0 Å². The molecule has 0 unspecified atom stereocenters. The van der Waals surface area contributed by atoms with Crippen LogP contribution in [0.2, 0.25) is 0 Å². The molecule has 2 aromatic rings. The minimum atomic E-state index is 0.0419. The van der Waals surface area contributed by atoms with E-state index in [-0.39, 0.29) is 5.91 Å². The number of nitrogens with zero attached hydrogens (tertiary/aromatic N) is 2. The Morgan fingerprint density at radius 1 is 1.36 bits per heavy atom. The lowest BCUT2D eigenvalue weighted by Crippen LogP contribution is -2.39. The number of amides is 1. The molecule has 2 bridgehead atoms. The van der Waals surface area contributed by atoms with E-state index >= 15 is 0 Å². The van der Waals surface area contributed by atoms with Crippen molar-refractivity contribution in [3.8, 4) is 11.7 Å². The van der Waals surface area contributed by atoms with Crippen molar-refractivity contribution in [2.24, 2.45) is 11.8 Å². The fraction of sp³-hybridized carbons (Fsp3) is 0.533. The number of furan rings is 1. The standard InChI is InChI=1S/C15H17N3O3S/c19-13(16-11-7-9-3-4-10(11)6-9)8-22-15-18-17-14(21-15)12-2-1-5-20-12/h1-2,5,9-11H,3-4,6-8H2,(H,16,19)/t9-,10+,11-/m0/s1. The van der Waals surface area contributed by atoms with Crippen molar-refractivity contribution < 1.29 is 13.6 Å². The van der Waals surface area contributed by atoms with E-state index in [1.54, 1.807) is 18.4 Å². The molecule has 2 heterocycles. The second kappa shape index (κ2) is 5.79. The van der Waals surface area contributed by atoms with Gasteiger partial charge in [-0.15, -0.1) is 10.2 Å². The Morgan fingerprint density at radius 2 is 2.32 bits per heavy atom. The Morgan fingerprint density at radius 3 is 3.05 bits per heavy atom. The van der Waals surface area contributed by atoms with Gasteiger partial charge in [0.05, 0.1) is 12.0 Å². The Kier molecular flexibility index (Phi) is 3.65. The summed E-state index contributed by atoms with van der Waals surface area (Å²) in [5, 5.41) is 11.4. The predicted molar refractivity (Wildman–Crippen MR) is 80.1 cm³/mol. The summed E-state index contributed by atoms with van der Waals surface area (Å²) in [4.78, 5) is 12.0. The Hall–Kier alpha value is -1.76. The molecule has 2 aliphatic rings. The van der Waals surface area contributed by atoms with Crippen LogP contribution in [0.5, 0.6) is 0 Å². The van der Waals surface area contributed by atoms with Gasteiger partial charge in [-0.1, -0.05) is 18.2 Å². The first-order valence-electron chi connectivity index (χ1n) is 7.57. The molecule has 0 aromatic carbocycles. The monoisotopic (exact) mass is 319 g/mol. The van der Waals surface area contributed by atoms with Gasteiger partial charge in [-0.25, -0.2) is 0 Å². The van der Waals surface area contributed by atoms with Gasteiger partial charge in [-0.2, -0.15) is 0 Å². The van der Waals surface area contributed by atoms with Gasteiger partial charge < -0.3 is 14.2 Å². The van der Waals surface area contributed by atoms with Crippen LogP contribution in [0.1, 0.15) is 25.7 Å². The van der Waals surface area contributed by atoms with Crippen LogP contribution in [0.15, 0.2) is 32.5 Å². The summed E-state index contributed by atoms with van der Waals surface area (Å²) in [5.41, 5.74) is 0. The van der Waals surface area contributed by atoms with Crippen LogP contribution in [0.4, 0.5) is 0 Å². The largest absolute Gasteiger partial charge is 0.459 e. The van der Waals surface area contributed by atoms with Gasteiger partial charge in [0.25, 0.3) is 11.1 Å². The molecular formula is C15H17N3O3S. The number of rotatable bonds is 5. The Bertz CT molecular complexity index is 655. The zero-order valence-corrected chi connectivity index (χ0v) is 12.8. The van der Waals surface area contributed by atoms with Crippen molar-refractivity contribution in [1.29, 1.82) is 0 Å². The Labute approximate surface area is 132 Å². The highest BCUT2D eigenvalue weighted by atomic mass is 32.2. The van der Waals surface area contributed by atoms with E-state index in [0.717, 1.165) is 12.3 Å². The molecule has 2 aromatic heterocycles. The summed E-state index contributed by atoms with van der Waals surface area (Å²) in [6.07, 6.45) is 6.58. The summed E-state index contributed by atoms with van der Waals surface area (Å²) in [7, 11) is 0. The predicted octanol–water partition coefficient (Wildman–Crippen LogP) is 2.73. The molecule has 22 heavy (non-hydrogen) atoms. The molecule has 0 aliphatic heterocycles.